The Bertz CT molecular complexity index is 1120. The SMILES string of the molecule is CCOCOC(=O)[C@]12CC[C@@H](C)[C@H](C)[C@H]1C1=CC[C@@H]3[C@@]4(C)C[C@@H](O)C5OC(C)(C)OCC5(C)C4CC[C@@]3(C)[C@]1(C)CC2. The number of aliphatic hydroxyl groups is 1. The van der Waals surface area contributed by atoms with Gasteiger partial charge in [-0.15, -0.1) is 0 Å². The Morgan fingerprint density at radius 1 is 1.00 bits per heavy atom. The quantitative estimate of drug-likeness (QED) is 0.161. The average Bonchev–Trinajstić information content (AvgIpc) is 2.92. The minimum absolute atomic E-state index is 0.00778. The van der Waals surface area contributed by atoms with Crippen LogP contribution in [0.5, 0.6) is 0 Å². The normalized spacial score (nSPS) is 52.9. The molecule has 6 heteroatoms. The fraction of sp³-hybridized carbons (Fsp3) is 0.917. The molecule has 1 aliphatic heterocycles. The highest BCUT2D eigenvalue weighted by Crippen LogP contribution is 2.76. The summed E-state index contributed by atoms with van der Waals surface area (Å²) < 4.78 is 24.1. The van der Waals surface area contributed by atoms with Crippen LogP contribution in [-0.2, 0) is 23.7 Å². The Hall–Kier alpha value is -0.950. The van der Waals surface area contributed by atoms with Crippen LogP contribution in [0.2, 0.25) is 0 Å². The van der Waals surface area contributed by atoms with Crippen LogP contribution in [0.1, 0.15) is 114 Å². The molecule has 0 aromatic carbocycles. The third kappa shape index (κ3) is 4.06. The molecular weight excluding hydrogens is 528 g/mol. The van der Waals surface area contributed by atoms with Gasteiger partial charge in [0, 0.05) is 12.0 Å². The molecule has 6 aliphatic rings. The summed E-state index contributed by atoms with van der Waals surface area (Å²) in [7, 11) is 0. The number of allylic oxidation sites excluding steroid dienone is 2. The molecule has 0 aromatic heterocycles. The van der Waals surface area contributed by atoms with Gasteiger partial charge in [0.25, 0.3) is 0 Å². The number of aliphatic hydroxyl groups excluding tert-OH is 1. The number of ether oxygens (including phenoxy) is 4. The molecule has 1 N–H and O–H groups in total. The summed E-state index contributed by atoms with van der Waals surface area (Å²) in [5, 5.41) is 11.7. The molecule has 0 amide bonds. The lowest BCUT2D eigenvalue weighted by Crippen LogP contribution is -2.70. The Balaban J connectivity index is 1.38. The minimum Gasteiger partial charge on any atom is -0.438 e. The second-order valence-corrected chi connectivity index (χ2v) is 16.8. The first-order valence-electron chi connectivity index (χ1n) is 17.0. The van der Waals surface area contributed by atoms with Crippen LogP contribution in [0.15, 0.2) is 11.6 Å². The molecule has 0 spiro atoms. The lowest BCUT2D eigenvalue weighted by atomic mass is 9.33. The van der Waals surface area contributed by atoms with Crippen LogP contribution in [0, 0.1) is 56.7 Å². The fourth-order valence-electron chi connectivity index (χ4n) is 12.2. The molecule has 6 nitrogen and oxygen atoms in total. The highest BCUT2D eigenvalue weighted by molar-refractivity contribution is 5.78. The first-order chi connectivity index (χ1) is 19.6. The summed E-state index contributed by atoms with van der Waals surface area (Å²) in [6, 6.07) is 0. The van der Waals surface area contributed by atoms with Gasteiger partial charge in [0.2, 0.25) is 0 Å². The number of hydrogen-bond donors (Lipinski definition) is 1. The summed E-state index contributed by atoms with van der Waals surface area (Å²) in [5.74, 6) is 1.38. The van der Waals surface area contributed by atoms with E-state index in [2.05, 4.69) is 47.6 Å². The molecule has 6 rings (SSSR count). The predicted molar refractivity (Wildman–Crippen MR) is 162 cm³/mol. The zero-order valence-corrected chi connectivity index (χ0v) is 27.9. The molecule has 0 radical (unpaired) electrons. The van der Waals surface area contributed by atoms with E-state index in [0.717, 1.165) is 51.4 Å². The van der Waals surface area contributed by atoms with Gasteiger partial charge in [-0.2, -0.15) is 0 Å². The van der Waals surface area contributed by atoms with E-state index < -0.39 is 17.3 Å². The molecule has 238 valence electrons. The van der Waals surface area contributed by atoms with Crippen LogP contribution in [-0.4, -0.2) is 49.1 Å². The smallest absolute Gasteiger partial charge is 0.314 e. The van der Waals surface area contributed by atoms with E-state index in [0.29, 0.717) is 36.9 Å². The van der Waals surface area contributed by atoms with Crippen LogP contribution < -0.4 is 0 Å². The third-order valence-electron chi connectivity index (χ3n) is 14.7. The molecule has 1 saturated heterocycles. The molecule has 5 fully saturated rings. The lowest BCUT2D eigenvalue weighted by Gasteiger charge is -2.72. The van der Waals surface area contributed by atoms with Crippen molar-refractivity contribution < 1.29 is 28.8 Å². The number of fused-ring (bicyclic) bond motifs is 9. The summed E-state index contributed by atoms with van der Waals surface area (Å²) in [4.78, 5) is 13.9. The highest BCUT2D eigenvalue weighted by atomic mass is 16.7. The molecule has 12 atom stereocenters. The Morgan fingerprint density at radius 2 is 1.74 bits per heavy atom. The van der Waals surface area contributed by atoms with Gasteiger partial charge < -0.3 is 24.1 Å². The van der Waals surface area contributed by atoms with Crippen LogP contribution in [0.3, 0.4) is 0 Å². The molecule has 42 heavy (non-hydrogen) atoms. The fourth-order valence-corrected chi connectivity index (χ4v) is 12.2. The predicted octanol–water partition coefficient (Wildman–Crippen LogP) is 7.28. The minimum atomic E-state index is -0.662. The maximum absolute atomic E-state index is 13.9. The summed E-state index contributed by atoms with van der Waals surface area (Å²) in [6.45, 7) is 21.8. The van der Waals surface area contributed by atoms with Crippen molar-refractivity contribution in [2.45, 2.75) is 132 Å². The van der Waals surface area contributed by atoms with E-state index in [1.54, 1.807) is 0 Å². The Labute approximate surface area is 254 Å². The van der Waals surface area contributed by atoms with Crippen LogP contribution >= 0.6 is 0 Å². The largest absolute Gasteiger partial charge is 0.438 e. The topological polar surface area (TPSA) is 74.2 Å². The summed E-state index contributed by atoms with van der Waals surface area (Å²) in [6.07, 6.45) is 9.83. The van der Waals surface area contributed by atoms with Crippen molar-refractivity contribution in [3.8, 4) is 0 Å². The zero-order valence-electron chi connectivity index (χ0n) is 27.9. The Kier molecular flexibility index (Phi) is 7.41. The van der Waals surface area contributed by atoms with Crippen molar-refractivity contribution in [1.82, 2.24) is 0 Å². The zero-order chi connectivity index (χ0) is 30.5. The van der Waals surface area contributed by atoms with Crippen molar-refractivity contribution in [3.05, 3.63) is 11.6 Å². The molecule has 0 aromatic rings. The van der Waals surface area contributed by atoms with E-state index in [4.69, 9.17) is 18.9 Å². The van der Waals surface area contributed by atoms with Gasteiger partial charge >= 0.3 is 5.97 Å². The number of carbonyl (C=O) groups excluding carboxylic acids is 1. The number of rotatable bonds is 4. The van der Waals surface area contributed by atoms with Gasteiger partial charge in [0.15, 0.2) is 12.6 Å². The van der Waals surface area contributed by atoms with Crippen LogP contribution in [0.25, 0.3) is 0 Å². The van der Waals surface area contributed by atoms with E-state index in [1.165, 1.54) is 5.57 Å². The third-order valence-corrected chi connectivity index (χ3v) is 14.7. The van der Waals surface area contributed by atoms with Gasteiger partial charge in [-0.25, -0.2) is 0 Å². The Morgan fingerprint density at radius 3 is 2.45 bits per heavy atom. The van der Waals surface area contributed by atoms with Crippen molar-refractivity contribution in [3.63, 3.8) is 0 Å². The standard InChI is InChI=1S/C36H58O6/c1-10-39-21-40-30(38)36-16-13-22(2)23(3)28(36)24-11-12-27-32(6)19-25(37)29-33(7,20-41-31(4,5)42-29)26(32)14-15-35(27,9)34(24,8)17-18-36/h11,22-23,25-29,37H,10,12-21H2,1-9H3/t22-,23+,25-,26?,27-,28+,29?,32+,33?,34-,35-,36+/m1/s1. The molecular formula is C36H58O6. The van der Waals surface area contributed by atoms with Gasteiger partial charge in [-0.1, -0.05) is 53.2 Å². The first kappa shape index (κ1) is 31.0. The van der Waals surface area contributed by atoms with Crippen molar-refractivity contribution in [1.29, 1.82) is 0 Å². The maximum Gasteiger partial charge on any atom is 0.314 e. The summed E-state index contributed by atoms with van der Waals surface area (Å²) >= 11 is 0. The number of hydrogen-bond acceptors (Lipinski definition) is 6. The second-order valence-electron chi connectivity index (χ2n) is 16.8. The molecule has 0 bridgehead atoms. The molecule has 3 unspecified atom stereocenters. The van der Waals surface area contributed by atoms with E-state index in [9.17, 15) is 9.90 Å². The molecule has 5 aliphatic carbocycles. The van der Waals surface area contributed by atoms with Gasteiger partial charge in [-0.05, 0) is 118 Å². The van der Waals surface area contributed by atoms with Crippen molar-refractivity contribution >= 4 is 5.97 Å². The van der Waals surface area contributed by atoms with Gasteiger partial charge in [-0.3, -0.25) is 4.79 Å². The average molecular weight is 587 g/mol. The summed E-state index contributed by atoms with van der Waals surface area (Å²) in [5.41, 5.74) is 0.940. The number of esters is 1. The molecule has 1 heterocycles. The van der Waals surface area contributed by atoms with Gasteiger partial charge in [0.1, 0.15) is 0 Å². The highest BCUT2D eigenvalue weighted by Gasteiger charge is 2.72. The number of carbonyl (C=O) groups is 1. The monoisotopic (exact) mass is 586 g/mol. The lowest BCUT2D eigenvalue weighted by molar-refractivity contribution is -0.368. The van der Waals surface area contributed by atoms with E-state index in [-0.39, 0.29) is 46.4 Å². The van der Waals surface area contributed by atoms with Gasteiger partial charge in [0.05, 0.1) is 24.2 Å². The van der Waals surface area contributed by atoms with Crippen molar-refractivity contribution in [2.24, 2.45) is 56.7 Å². The second kappa shape index (κ2) is 10.0. The van der Waals surface area contributed by atoms with E-state index in [1.807, 2.05) is 20.8 Å². The molecule has 4 saturated carbocycles. The van der Waals surface area contributed by atoms with E-state index >= 15 is 0 Å². The van der Waals surface area contributed by atoms with Crippen molar-refractivity contribution in [2.75, 3.05) is 20.0 Å². The maximum atomic E-state index is 13.9. The van der Waals surface area contributed by atoms with Crippen LogP contribution in [0.4, 0.5) is 0 Å². The first-order valence-corrected chi connectivity index (χ1v) is 17.0.